The normalized spacial score (nSPS) is 19.9. The average molecular weight is 326 g/mol. The van der Waals surface area contributed by atoms with Gasteiger partial charge in [-0.3, -0.25) is 19.3 Å². The highest BCUT2D eigenvalue weighted by Gasteiger charge is 2.30. The van der Waals surface area contributed by atoms with E-state index < -0.39 is 0 Å². The van der Waals surface area contributed by atoms with Crippen LogP contribution in [0.15, 0.2) is 24.8 Å². The van der Waals surface area contributed by atoms with E-state index >= 15 is 0 Å². The molecule has 1 saturated heterocycles. The van der Waals surface area contributed by atoms with E-state index in [4.69, 9.17) is 0 Å². The Morgan fingerprint density at radius 3 is 3.12 bits per heavy atom. The standard InChI is InChI=1S/C16H18N6O2/c23-15-13-7-17-8-14(12(13)1-3-18-15)16(24)21-5-2-11(9-21)10-22-6-4-19-20-22/h4,6-8,11H,1-3,5,9-10H2,(H,18,23). The monoisotopic (exact) mass is 326 g/mol. The first-order chi connectivity index (χ1) is 11.7. The topological polar surface area (TPSA) is 93.0 Å². The van der Waals surface area contributed by atoms with Crippen LogP contribution >= 0.6 is 0 Å². The van der Waals surface area contributed by atoms with E-state index in [1.54, 1.807) is 17.1 Å². The van der Waals surface area contributed by atoms with Gasteiger partial charge in [-0.2, -0.15) is 0 Å². The number of aromatic nitrogens is 4. The van der Waals surface area contributed by atoms with Gasteiger partial charge in [0.25, 0.3) is 11.8 Å². The Bertz CT molecular complexity index is 773. The Morgan fingerprint density at radius 1 is 1.38 bits per heavy atom. The van der Waals surface area contributed by atoms with E-state index in [9.17, 15) is 9.59 Å². The molecule has 8 nitrogen and oxygen atoms in total. The molecule has 0 aliphatic carbocycles. The predicted molar refractivity (Wildman–Crippen MR) is 84.3 cm³/mol. The Labute approximate surface area is 138 Å². The smallest absolute Gasteiger partial charge is 0.255 e. The zero-order valence-corrected chi connectivity index (χ0v) is 13.2. The highest BCUT2D eigenvalue weighted by atomic mass is 16.2. The Balaban J connectivity index is 1.51. The van der Waals surface area contributed by atoms with Crippen molar-refractivity contribution in [2.24, 2.45) is 5.92 Å². The maximum atomic E-state index is 12.9. The fraction of sp³-hybridized carbons (Fsp3) is 0.438. The molecule has 0 bridgehead atoms. The molecule has 4 heterocycles. The molecule has 2 aromatic heterocycles. The van der Waals surface area contributed by atoms with Gasteiger partial charge in [-0.05, 0) is 24.3 Å². The van der Waals surface area contributed by atoms with Crippen molar-refractivity contribution in [1.82, 2.24) is 30.2 Å². The van der Waals surface area contributed by atoms with Crippen molar-refractivity contribution in [3.8, 4) is 0 Å². The third kappa shape index (κ3) is 2.64. The summed E-state index contributed by atoms with van der Waals surface area (Å²) < 4.78 is 1.80. The van der Waals surface area contributed by atoms with Gasteiger partial charge in [0.15, 0.2) is 0 Å². The number of nitrogens with one attached hydrogen (secondary N) is 1. The fourth-order valence-corrected chi connectivity index (χ4v) is 3.46. The largest absolute Gasteiger partial charge is 0.352 e. The molecular formula is C16H18N6O2. The minimum atomic E-state index is -0.149. The lowest BCUT2D eigenvalue weighted by Crippen LogP contribution is -2.35. The van der Waals surface area contributed by atoms with Crippen molar-refractivity contribution in [2.75, 3.05) is 19.6 Å². The van der Waals surface area contributed by atoms with E-state index in [-0.39, 0.29) is 11.8 Å². The molecule has 8 heteroatoms. The Morgan fingerprint density at radius 2 is 2.29 bits per heavy atom. The van der Waals surface area contributed by atoms with Crippen molar-refractivity contribution < 1.29 is 9.59 Å². The maximum Gasteiger partial charge on any atom is 0.255 e. The summed E-state index contributed by atoms with van der Waals surface area (Å²) in [7, 11) is 0. The van der Waals surface area contributed by atoms with Crippen LogP contribution in [-0.4, -0.2) is 56.3 Å². The Kier molecular flexibility index (Phi) is 3.72. The molecular weight excluding hydrogens is 308 g/mol. The number of nitrogens with zero attached hydrogens (tertiary/aromatic N) is 5. The molecule has 1 atom stereocenters. The maximum absolute atomic E-state index is 12.9. The molecule has 1 fully saturated rings. The van der Waals surface area contributed by atoms with E-state index in [1.165, 1.54) is 6.20 Å². The number of pyridine rings is 1. The molecule has 24 heavy (non-hydrogen) atoms. The third-order valence-corrected chi connectivity index (χ3v) is 4.68. The van der Waals surface area contributed by atoms with Gasteiger partial charge in [-0.1, -0.05) is 5.21 Å². The molecule has 124 valence electrons. The number of carbonyl (C=O) groups excluding carboxylic acids is 2. The first-order valence-corrected chi connectivity index (χ1v) is 8.11. The summed E-state index contributed by atoms with van der Waals surface area (Å²) in [6, 6.07) is 0. The van der Waals surface area contributed by atoms with Crippen LogP contribution in [0.1, 0.15) is 32.7 Å². The number of carbonyl (C=O) groups is 2. The summed E-state index contributed by atoms with van der Waals surface area (Å²) in [6.07, 6.45) is 8.23. The second-order valence-corrected chi connectivity index (χ2v) is 6.25. The van der Waals surface area contributed by atoms with Crippen LogP contribution < -0.4 is 5.32 Å². The van der Waals surface area contributed by atoms with Crippen LogP contribution in [0.5, 0.6) is 0 Å². The summed E-state index contributed by atoms with van der Waals surface area (Å²) in [4.78, 5) is 30.8. The van der Waals surface area contributed by atoms with Crippen LogP contribution in [-0.2, 0) is 13.0 Å². The van der Waals surface area contributed by atoms with Gasteiger partial charge in [0, 0.05) is 44.8 Å². The molecule has 2 aliphatic rings. The van der Waals surface area contributed by atoms with Crippen molar-refractivity contribution in [1.29, 1.82) is 0 Å². The summed E-state index contributed by atoms with van der Waals surface area (Å²) in [5.41, 5.74) is 1.90. The molecule has 1 N–H and O–H groups in total. The number of hydrogen-bond donors (Lipinski definition) is 1. The number of rotatable bonds is 3. The molecule has 0 aromatic carbocycles. The van der Waals surface area contributed by atoms with Gasteiger partial charge < -0.3 is 10.2 Å². The van der Waals surface area contributed by atoms with Crippen LogP contribution in [0.25, 0.3) is 0 Å². The van der Waals surface area contributed by atoms with E-state index in [0.29, 0.717) is 43.1 Å². The van der Waals surface area contributed by atoms with Gasteiger partial charge in [0.2, 0.25) is 0 Å². The lowest BCUT2D eigenvalue weighted by molar-refractivity contribution is 0.0784. The SMILES string of the molecule is O=C1NCCc2c1cncc2C(=O)N1CCC(Cn2ccnn2)C1. The van der Waals surface area contributed by atoms with Crippen molar-refractivity contribution in [3.05, 3.63) is 41.5 Å². The van der Waals surface area contributed by atoms with E-state index in [1.807, 2.05) is 11.1 Å². The van der Waals surface area contributed by atoms with Crippen molar-refractivity contribution >= 4 is 11.8 Å². The highest BCUT2D eigenvalue weighted by Crippen LogP contribution is 2.23. The van der Waals surface area contributed by atoms with Gasteiger partial charge in [0.05, 0.1) is 17.3 Å². The fourth-order valence-electron chi connectivity index (χ4n) is 3.46. The molecule has 0 saturated carbocycles. The molecule has 4 rings (SSSR count). The first kappa shape index (κ1) is 14.8. The summed E-state index contributed by atoms with van der Waals surface area (Å²) in [5, 5.41) is 10.6. The molecule has 2 aliphatic heterocycles. The quantitative estimate of drug-likeness (QED) is 0.865. The number of likely N-dealkylation sites (tertiary alicyclic amines) is 1. The number of hydrogen-bond acceptors (Lipinski definition) is 5. The van der Waals surface area contributed by atoms with Gasteiger partial charge in [-0.15, -0.1) is 5.10 Å². The van der Waals surface area contributed by atoms with Gasteiger partial charge in [-0.25, -0.2) is 0 Å². The number of fused-ring (bicyclic) bond motifs is 1. The third-order valence-electron chi connectivity index (χ3n) is 4.68. The van der Waals surface area contributed by atoms with Crippen LogP contribution in [0, 0.1) is 5.92 Å². The van der Waals surface area contributed by atoms with Crippen LogP contribution in [0.4, 0.5) is 0 Å². The minimum absolute atomic E-state index is 0.0323. The summed E-state index contributed by atoms with van der Waals surface area (Å²) in [6.45, 7) is 2.73. The lowest BCUT2D eigenvalue weighted by atomic mass is 9.97. The van der Waals surface area contributed by atoms with Gasteiger partial charge in [0.1, 0.15) is 0 Å². The number of amides is 2. The molecule has 0 radical (unpaired) electrons. The second kappa shape index (κ2) is 6.03. The van der Waals surface area contributed by atoms with Crippen LogP contribution in [0.3, 0.4) is 0 Å². The molecule has 1 unspecified atom stereocenters. The summed E-state index contributed by atoms with van der Waals surface area (Å²) in [5.74, 6) is 0.186. The molecule has 2 aromatic rings. The first-order valence-electron chi connectivity index (χ1n) is 8.11. The van der Waals surface area contributed by atoms with E-state index in [0.717, 1.165) is 18.5 Å². The zero-order chi connectivity index (χ0) is 16.5. The Hall–Kier alpha value is -2.77. The zero-order valence-electron chi connectivity index (χ0n) is 13.2. The molecule has 2 amide bonds. The average Bonchev–Trinajstić information content (AvgIpc) is 3.27. The van der Waals surface area contributed by atoms with Crippen molar-refractivity contribution in [2.45, 2.75) is 19.4 Å². The lowest BCUT2D eigenvalue weighted by Gasteiger charge is -2.22. The predicted octanol–water partition coefficient (Wildman–Crippen LogP) is 0.121. The molecule has 0 spiro atoms. The second-order valence-electron chi connectivity index (χ2n) is 6.25. The minimum Gasteiger partial charge on any atom is -0.352 e. The van der Waals surface area contributed by atoms with Gasteiger partial charge >= 0.3 is 0 Å². The highest BCUT2D eigenvalue weighted by molar-refractivity contribution is 6.02. The summed E-state index contributed by atoms with van der Waals surface area (Å²) >= 11 is 0. The van der Waals surface area contributed by atoms with Crippen LogP contribution in [0.2, 0.25) is 0 Å². The van der Waals surface area contributed by atoms with E-state index in [2.05, 4.69) is 20.6 Å². The van der Waals surface area contributed by atoms with Crippen molar-refractivity contribution in [3.63, 3.8) is 0 Å².